The van der Waals surface area contributed by atoms with Crippen LogP contribution in [0.5, 0.6) is 0 Å². The van der Waals surface area contributed by atoms with Gasteiger partial charge in [0.2, 0.25) is 0 Å². The number of thiol groups is 1. The van der Waals surface area contributed by atoms with Crippen molar-refractivity contribution < 1.29 is 4.39 Å². The van der Waals surface area contributed by atoms with Crippen molar-refractivity contribution >= 4 is 19.0 Å². The quantitative estimate of drug-likeness (QED) is 0.471. The van der Waals surface area contributed by atoms with Gasteiger partial charge in [-0.15, -0.1) is 0 Å². The van der Waals surface area contributed by atoms with Crippen LogP contribution in [0, 0.1) is 5.82 Å². The normalized spacial score (nSPS) is 10.6. The Morgan fingerprint density at radius 2 is 2.10 bits per heavy atom. The largest absolute Gasteiger partial charge is 0.227 e. The van der Waals surface area contributed by atoms with Crippen LogP contribution in [0.2, 0.25) is 0 Å². The molecule has 0 radical (unpaired) electrons. The molecule has 0 saturated carbocycles. The van der Waals surface area contributed by atoms with Crippen molar-refractivity contribution in [2.24, 2.45) is 4.40 Å². The number of hydrogen-bond donors (Lipinski definition) is 1. The highest BCUT2D eigenvalue weighted by molar-refractivity contribution is 7.78. The number of nitrogens with zero attached hydrogens (tertiary/aromatic N) is 1. The molecule has 0 heterocycles. The van der Waals surface area contributed by atoms with E-state index in [0.717, 1.165) is 0 Å². The van der Waals surface area contributed by atoms with Gasteiger partial charge in [-0.2, -0.15) is 0 Å². The standard InChI is InChI=1S/C7H6FNS/c8-7-4-2-1-3-6(7)5-9-10/h1-5,10H. The maximum atomic E-state index is 12.7. The molecule has 0 spiro atoms. The Morgan fingerprint density at radius 1 is 1.40 bits per heavy atom. The third-order valence-corrected chi connectivity index (χ3v) is 1.22. The summed E-state index contributed by atoms with van der Waals surface area (Å²) in [6.45, 7) is 0. The lowest BCUT2D eigenvalue weighted by atomic mass is 10.2. The van der Waals surface area contributed by atoms with Crippen molar-refractivity contribution in [2.75, 3.05) is 0 Å². The van der Waals surface area contributed by atoms with Gasteiger partial charge in [0.05, 0.1) is 0 Å². The van der Waals surface area contributed by atoms with Crippen LogP contribution in [0.15, 0.2) is 28.7 Å². The van der Waals surface area contributed by atoms with Gasteiger partial charge in [-0.25, -0.2) is 8.79 Å². The van der Waals surface area contributed by atoms with Crippen molar-refractivity contribution in [1.29, 1.82) is 0 Å². The van der Waals surface area contributed by atoms with Crippen LogP contribution >= 0.6 is 12.8 Å². The molecule has 0 bridgehead atoms. The second-order valence-electron chi connectivity index (χ2n) is 1.77. The molecule has 0 fully saturated rings. The van der Waals surface area contributed by atoms with Crippen LogP contribution < -0.4 is 0 Å². The predicted octanol–water partition coefficient (Wildman–Crippen LogP) is 2.09. The average Bonchev–Trinajstić information content (AvgIpc) is 1.94. The summed E-state index contributed by atoms with van der Waals surface area (Å²) in [6.07, 6.45) is 1.36. The van der Waals surface area contributed by atoms with E-state index >= 15 is 0 Å². The van der Waals surface area contributed by atoms with Crippen molar-refractivity contribution in [3.8, 4) is 0 Å². The highest BCUT2D eigenvalue weighted by Gasteiger charge is 1.93. The monoisotopic (exact) mass is 155 g/mol. The maximum Gasteiger partial charge on any atom is 0.131 e. The van der Waals surface area contributed by atoms with Gasteiger partial charge in [-0.3, -0.25) is 0 Å². The maximum absolute atomic E-state index is 12.7. The van der Waals surface area contributed by atoms with E-state index in [4.69, 9.17) is 0 Å². The number of hydrogen-bond acceptors (Lipinski definition) is 2. The molecule has 0 saturated heterocycles. The van der Waals surface area contributed by atoms with Crippen molar-refractivity contribution in [1.82, 2.24) is 0 Å². The second kappa shape index (κ2) is 3.37. The summed E-state index contributed by atoms with van der Waals surface area (Å²) in [5, 5.41) is 0. The Labute approximate surface area is 64.1 Å². The summed E-state index contributed by atoms with van der Waals surface area (Å²) in [4.78, 5) is 0. The molecule has 0 aliphatic carbocycles. The van der Waals surface area contributed by atoms with E-state index in [9.17, 15) is 4.39 Å². The Kier molecular flexibility index (Phi) is 2.45. The Hall–Kier alpha value is -0.830. The highest BCUT2D eigenvalue weighted by Crippen LogP contribution is 2.02. The summed E-state index contributed by atoms with van der Waals surface area (Å²) in [5.74, 6) is -0.277. The SMILES string of the molecule is Fc1ccccc1C=NS. The molecule has 0 amide bonds. The van der Waals surface area contributed by atoms with E-state index in [1.165, 1.54) is 12.3 Å². The molecule has 0 N–H and O–H groups in total. The molecule has 1 nitrogen and oxygen atoms in total. The number of benzene rings is 1. The molecule has 1 rings (SSSR count). The fourth-order valence-corrected chi connectivity index (χ4v) is 0.766. The summed E-state index contributed by atoms with van der Waals surface area (Å²) in [6, 6.07) is 6.39. The van der Waals surface area contributed by atoms with E-state index < -0.39 is 0 Å². The van der Waals surface area contributed by atoms with Crippen LogP contribution in [-0.4, -0.2) is 6.21 Å². The minimum atomic E-state index is -0.277. The van der Waals surface area contributed by atoms with E-state index in [2.05, 4.69) is 17.2 Å². The first-order valence-electron chi connectivity index (χ1n) is 2.76. The van der Waals surface area contributed by atoms with Crippen molar-refractivity contribution in [2.45, 2.75) is 0 Å². The first-order chi connectivity index (χ1) is 4.84. The molecule has 0 aromatic heterocycles. The molecule has 0 atom stereocenters. The summed E-state index contributed by atoms with van der Waals surface area (Å²) >= 11 is 3.58. The Balaban J connectivity index is 3.03. The molecule has 10 heavy (non-hydrogen) atoms. The number of halogens is 1. The van der Waals surface area contributed by atoms with Crippen LogP contribution in [-0.2, 0) is 0 Å². The van der Waals surface area contributed by atoms with Gasteiger partial charge >= 0.3 is 0 Å². The molecule has 0 unspecified atom stereocenters. The molecule has 1 aromatic rings. The topological polar surface area (TPSA) is 12.4 Å². The van der Waals surface area contributed by atoms with Crippen molar-refractivity contribution in [3.63, 3.8) is 0 Å². The zero-order chi connectivity index (χ0) is 7.40. The van der Waals surface area contributed by atoms with Crippen molar-refractivity contribution in [3.05, 3.63) is 35.6 Å². The third kappa shape index (κ3) is 1.57. The van der Waals surface area contributed by atoms with Crippen LogP contribution in [0.1, 0.15) is 5.56 Å². The molecule has 52 valence electrons. The summed E-state index contributed by atoms with van der Waals surface area (Å²) < 4.78 is 16.0. The Bertz CT molecular complexity index is 247. The second-order valence-corrected chi connectivity index (χ2v) is 2.00. The van der Waals surface area contributed by atoms with Gasteiger partial charge in [-0.05, 0) is 18.9 Å². The zero-order valence-corrected chi connectivity index (χ0v) is 6.05. The molecular weight excluding hydrogens is 149 g/mol. The first-order valence-corrected chi connectivity index (χ1v) is 3.16. The number of rotatable bonds is 1. The third-order valence-electron chi connectivity index (χ3n) is 1.10. The molecular formula is C7H6FNS. The molecule has 0 aliphatic rings. The predicted molar refractivity (Wildman–Crippen MR) is 43.0 cm³/mol. The van der Waals surface area contributed by atoms with Crippen LogP contribution in [0.25, 0.3) is 0 Å². The van der Waals surface area contributed by atoms with Gasteiger partial charge in [0.25, 0.3) is 0 Å². The highest BCUT2D eigenvalue weighted by atomic mass is 32.1. The van der Waals surface area contributed by atoms with Gasteiger partial charge in [0.1, 0.15) is 5.82 Å². The lowest BCUT2D eigenvalue weighted by Gasteiger charge is -1.91. The average molecular weight is 155 g/mol. The van der Waals surface area contributed by atoms with Crippen LogP contribution in [0.3, 0.4) is 0 Å². The smallest absolute Gasteiger partial charge is 0.131 e. The molecule has 1 aromatic carbocycles. The van der Waals surface area contributed by atoms with E-state index in [1.807, 2.05) is 0 Å². The van der Waals surface area contributed by atoms with E-state index in [-0.39, 0.29) is 5.82 Å². The van der Waals surface area contributed by atoms with Gasteiger partial charge in [0, 0.05) is 11.8 Å². The Morgan fingerprint density at radius 3 is 2.70 bits per heavy atom. The molecule has 0 aliphatic heterocycles. The van der Waals surface area contributed by atoms with Gasteiger partial charge in [0.15, 0.2) is 0 Å². The van der Waals surface area contributed by atoms with E-state index in [1.54, 1.807) is 18.2 Å². The van der Waals surface area contributed by atoms with Crippen LogP contribution in [0.4, 0.5) is 4.39 Å². The zero-order valence-electron chi connectivity index (χ0n) is 5.16. The lowest BCUT2D eigenvalue weighted by Crippen LogP contribution is -1.84. The molecule has 3 heteroatoms. The van der Waals surface area contributed by atoms with Gasteiger partial charge in [-0.1, -0.05) is 18.2 Å². The first kappa shape index (κ1) is 7.28. The van der Waals surface area contributed by atoms with E-state index in [0.29, 0.717) is 5.56 Å². The fraction of sp³-hybridized carbons (Fsp3) is 0. The summed E-state index contributed by atoms with van der Waals surface area (Å²) in [7, 11) is 0. The van der Waals surface area contributed by atoms with Gasteiger partial charge < -0.3 is 0 Å². The lowest BCUT2D eigenvalue weighted by molar-refractivity contribution is 0.626. The summed E-state index contributed by atoms with van der Waals surface area (Å²) in [5.41, 5.74) is 0.456. The minimum Gasteiger partial charge on any atom is -0.227 e. The minimum absolute atomic E-state index is 0.277. The fourth-order valence-electron chi connectivity index (χ4n) is 0.642.